The number of likely N-dealkylation sites (N-methyl/N-ethyl adjacent to an activating group) is 1. The van der Waals surface area contributed by atoms with Crippen LogP contribution in [0.4, 0.5) is 0 Å². The van der Waals surface area contributed by atoms with Crippen LogP contribution in [-0.2, 0) is 9.53 Å². The highest BCUT2D eigenvalue weighted by Gasteiger charge is 2.18. The van der Waals surface area contributed by atoms with Crippen LogP contribution < -0.4 is 0 Å². The third-order valence-electron chi connectivity index (χ3n) is 2.45. The minimum Gasteiger partial charge on any atom is -0.481 e. The minimum atomic E-state index is -0.709. The first-order chi connectivity index (χ1) is 6.20. The van der Waals surface area contributed by atoms with Crippen molar-refractivity contribution in [3.8, 4) is 0 Å². The number of hydrogen-bond donors (Lipinski definition) is 1. The molecular formula is C9H17NO3. The average Bonchev–Trinajstić information content (AvgIpc) is 2.08. The predicted octanol–water partition coefficient (Wildman–Crippen LogP) is 0.572. The van der Waals surface area contributed by atoms with E-state index in [0.717, 1.165) is 32.6 Å². The molecule has 0 amide bonds. The van der Waals surface area contributed by atoms with Crippen LogP contribution in [0.1, 0.15) is 19.3 Å². The van der Waals surface area contributed by atoms with E-state index in [9.17, 15) is 4.79 Å². The molecule has 0 aromatic rings. The zero-order valence-corrected chi connectivity index (χ0v) is 8.03. The second-order valence-electron chi connectivity index (χ2n) is 3.50. The second-order valence-corrected chi connectivity index (χ2v) is 3.50. The highest BCUT2D eigenvalue weighted by molar-refractivity contribution is 5.66. The lowest BCUT2D eigenvalue weighted by Gasteiger charge is -2.32. The summed E-state index contributed by atoms with van der Waals surface area (Å²) >= 11 is 0. The Kier molecular flexibility index (Phi) is 4.18. The maximum Gasteiger partial charge on any atom is 0.303 e. The van der Waals surface area contributed by atoms with Gasteiger partial charge < -0.3 is 9.84 Å². The summed E-state index contributed by atoms with van der Waals surface area (Å²) in [6.45, 7) is 2.50. The molecule has 76 valence electrons. The van der Waals surface area contributed by atoms with Gasteiger partial charge in [-0.1, -0.05) is 0 Å². The molecular weight excluding hydrogens is 170 g/mol. The Bertz CT molecular complexity index is 172. The molecule has 0 aromatic heterocycles. The molecule has 1 aliphatic rings. The second kappa shape index (κ2) is 5.19. The first-order valence-electron chi connectivity index (χ1n) is 4.70. The Labute approximate surface area is 78.5 Å². The van der Waals surface area contributed by atoms with Crippen LogP contribution >= 0.6 is 0 Å². The van der Waals surface area contributed by atoms with Crippen LogP contribution in [0.25, 0.3) is 0 Å². The Balaban J connectivity index is 2.15. The third kappa shape index (κ3) is 3.74. The minimum absolute atomic E-state index is 0.268. The van der Waals surface area contributed by atoms with Crippen LogP contribution in [0.15, 0.2) is 0 Å². The highest BCUT2D eigenvalue weighted by Crippen LogP contribution is 2.11. The van der Waals surface area contributed by atoms with Crippen LogP contribution in [0, 0.1) is 0 Å². The van der Waals surface area contributed by atoms with Gasteiger partial charge in [-0.3, -0.25) is 9.69 Å². The van der Waals surface area contributed by atoms with Crippen molar-refractivity contribution in [3.63, 3.8) is 0 Å². The van der Waals surface area contributed by atoms with Crippen LogP contribution in [0.3, 0.4) is 0 Å². The van der Waals surface area contributed by atoms with Crippen LogP contribution in [0.5, 0.6) is 0 Å². The van der Waals surface area contributed by atoms with Gasteiger partial charge in [0.25, 0.3) is 0 Å². The molecule has 4 heteroatoms. The maximum atomic E-state index is 10.3. The topological polar surface area (TPSA) is 49.8 Å². The molecule has 0 aromatic carbocycles. The molecule has 0 radical (unpaired) electrons. The Hall–Kier alpha value is -0.610. The van der Waals surface area contributed by atoms with Crippen molar-refractivity contribution in [2.75, 3.05) is 26.8 Å². The molecule has 0 saturated carbocycles. The van der Waals surface area contributed by atoms with Crippen LogP contribution in [-0.4, -0.2) is 48.8 Å². The smallest absolute Gasteiger partial charge is 0.303 e. The normalized spacial score (nSPS) is 24.5. The highest BCUT2D eigenvalue weighted by atomic mass is 16.5. The van der Waals surface area contributed by atoms with Gasteiger partial charge in [-0.25, -0.2) is 0 Å². The first kappa shape index (κ1) is 10.5. The molecule has 0 spiro atoms. The Morgan fingerprint density at radius 1 is 1.69 bits per heavy atom. The lowest BCUT2D eigenvalue weighted by Crippen LogP contribution is -2.42. The molecule has 1 heterocycles. The summed E-state index contributed by atoms with van der Waals surface area (Å²) in [6, 6.07) is 0.410. The molecule has 1 unspecified atom stereocenters. The molecule has 4 nitrogen and oxygen atoms in total. The summed E-state index contributed by atoms with van der Waals surface area (Å²) in [5.74, 6) is -0.709. The van der Waals surface area contributed by atoms with E-state index in [1.54, 1.807) is 0 Å². The monoisotopic (exact) mass is 187 g/mol. The quantitative estimate of drug-likeness (QED) is 0.699. The molecule has 1 saturated heterocycles. The van der Waals surface area contributed by atoms with E-state index in [0.29, 0.717) is 6.04 Å². The number of carboxylic acids is 1. The fourth-order valence-electron chi connectivity index (χ4n) is 1.53. The van der Waals surface area contributed by atoms with Crippen molar-refractivity contribution in [2.24, 2.45) is 0 Å². The van der Waals surface area contributed by atoms with E-state index in [1.807, 2.05) is 0 Å². The largest absolute Gasteiger partial charge is 0.481 e. The third-order valence-corrected chi connectivity index (χ3v) is 2.45. The van der Waals surface area contributed by atoms with E-state index in [4.69, 9.17) is 9.84 Å². The van der Waals surface area contributed by atoms with Crippen molar-refractivity contribution in [3.05, 3.63) is 0 Å². The van der Waals surface area contributed by atoms with Crippen molar-refractivity contribution >= 4 is 5.97 Å². The molecule has 1 atom stereocenters. The number of rotatable bonds is 4. The van der Waals surface area contributed by atoms with Gasteiger partial charge in [-0.05, 0) is 19.9 Å². The predicted molar refractivity (Wildman–Crippen MR) is 48.7 cm³/mol. The van der Waals surface area contributed by atoms with Crippen LogP contribution in [0.2, 0.25) is 0 Å². The zero-order chi connectivity index (χ0) is 9.68. The Morgan fingerprint density at radius 2 is 2.46 bits per heavy atom. The summed E-state index contributed by atoms with van der Waals surface area (Å²) in [5, 5.41) is 8.46. The molecule has 0 bridgehead atoms. The number of carboxylic acid groups (broad SMARTS) is 1. The van der Waals surface area contributed by atoms with E-state index in [1.165, 1.54) is 0 Å². The van der Waals surface area contributed by atoms with Gasteiger partial charge in [-0.2, -0.15) is 0 Å². The number of carbonyl (C=O) groups is 1. The Morgan fingerprint density at radius 3 is 3.08 bits per heavy atom. The number of nitrogens with zero attached hydrogens (tertiary/aromatic N) is 1. The van der Waals surface area contributed by atoms with Crippen molar-refractivity contribution in [2.45, 2.75) is 25.3 Å². The van der Waals surface area contributed by atoms with Crippen molar-refractivity contribution in [1.29, 1.82) is 0 Å². The number of morpholine rings is 1. The number of aliphatic carboxylic acids is 1. The molecule has 1 rings (SSSR count). The van der Waals surface area contributed by atoms with Crippen molar-refractivity contribution in [1.82, 2.24) is 4.90 Å². The van der Waals surface area contributed by atoms with E-state index in [2.05, 4.69) is 11.9 Å². The SMILES string of the molecule is CN1CCOCC1CCCC(=O)O. The standard InChI is InChI=1S/C9H17NO3/c1-10-5-6-13-7-8(10)3-2-4-9(11)12/h8H,2-7H2,1H3,(H,11,12). The number of hydrogen-bond acceptors (Lipinski definition) is 3. The summed E-state index contributed by atoms with van der Waals surface area (Å²) in [5.41, 5.74) is 0. The average molecular weight is 187 g/mol. The molecule has 1 aliphatic heterocycles. The lowest BCUT2D eigenvalue weighted by molar-refractivity contribution is -0.137. The summed E-state index contributed by atoms with van der Waals surface area (Å²) in [4.78, 5) is 12.5. The lowest BCUT2D eigenvalue weighted by atomic mass is 10.1. The molecule has 13 heavy (non-hydrogen) atoms. The summed E-state index contributed by atoms with van der Waals surface area (Å²) in [7, 11) is 2.06. The summed E-state index contributed by atoms with van der Waals surface area (Å²) < 4.78 is 5.32. The fourth-order valence-corrected chi connectivity index (χ4v) is 1.53. The van der Waals surface area contributed by atoms with Gasteiger partial charge in [0.1, 0.15) is 0 Å². The van der Waals surface area contributed by atoms with Gasteiger partial charge in [0.2, 0.25) is 0 Å². The fraction of sp³-hybridized carbons (Fsp3) is 0.889. The van der Waals surface area contributed by atoms with E-state index >= 15 is 0 Å². The summed E-state index contributed by atoms with van der Waals surface area (Å²) in [6.07, 6.45) is 1.93. The number of ether oxygens (including phenoxy) is 1. The molecule has 1 fully saturated rings. The van der Waals surface area contributed by atoms with Crippen molar-refractivity contribution < 1.29 is 14.6 Å². The molecule has 1 N–H and O–H groups in total. The first-order valence-corrected chi connectivity index (χ1v) is 4.70. The zero-order valence-electron chi connectivity index (χ0n) is 8.03. The maximum absolute atomic E-state index is 10.3. The van der Waals surface area contributed by atoms with Gasteiger partial charge in [0.05, 0.1) is 13.2 Å². The van der Waals surface area contributed by atoms with E-state index in [-0.39, 0.29) is 6.42 Å². The van der Waals surface area contributed by atoms with Gasteiger partial charge >= 0.3 is 5.97 Å². The van der Waals surface area contributed by atoms with Gasteiger partial charge in [0, 0.05) is 19.0 Å². The van der Waals surface area contributed by atoms with Gasteiger partial charge in [0.15, 0.2) is 0 Å². The van der Waals surface area contributed by atoms with E-state index < -0.39 is 5.97 Å². The van der Waals surface area contributed by atoms with Gasteiger partial charge in [-0.15, -0.1) is 0 Å². The molecule has 0 aliphatic carbocycles.